The Morgan fingerprint density at radius 2 is 1.34 bits per heavy atom. The van der Waals surface area contributed by atoms with E-state index in [9.17, 15) is 9.90 Å². The van der Waals surface area contributed by atoms with Crippen LogP contribution < -0.4 is 0 Å². The molecule has 0 aliphatic heterocycles. The SMILES string of the molecule is CC1(C)c2ccc3ccccc3c2-c2ncnc(-c3[c-]ccc4ccccc34)c21.CCC(C)(CC)C(=O)/C=C(\O)C(C)(CC)CC.[Ir]. The molecule has 0 fully saturated rings. The summed E-state index contributed by atoms with van der Waals surface area (Å²) in [5.74, 6) is 0.286. The van der Waals surface area contributed by atoms with Gasteiger partial charge in [-0.3, -0.25) is 9.78 Å². The van der Waals surface area contributed by atoms with E-state index in [0.29, 0.717) is 0 Å². The first-order valence-electron chi connectivity index (χ1n) is 16.7. The van der Waals surface area contributed by atoms with Crippen molar-refractivity contribution in [2.75, 3.05) is 0 Å². The molecule has 1 aliphatic rings. The fraction of sp³-hybridized carbons (Fsp3) is 0.357. The minimum Gasteiger partial charge on any atom is -0.512 e. The summed E-state index contributed by atoms with van der Waals surface area (Å²) in [5, 5.41) is 15.0. The Bertz CT molecular complexity index is 1930. The second-order valence-corrected chi connectivity index (χ2v) is 13.6. The largest absolute Gasteiger partial charge is 0.512 e. The van der Waals surface area contributed by atoms with Crippen LogP contribution in [0.4, 0.5) is 0 Å². The van der Waals surface area contributed by atoms with Gasteiger partial charge in [-0.25, -0.2) is 4.98 Å². The first-order chi connectivity index (χ1) is 22.0. The van der Waals surface area contributed by atoms with Gasteiger partial charge < -0.3 is 5.11 Å². The van der Waals surface area contributed by atoms with Crippen LogP contribution in [0.5, 0.6) is 0 Å². The fourth-order valence-electron chi connectivity index (χ4n) is 6.58. The van der Waals surface area contributed by atoms with E-state index in [0.717, 1.165) is 42.6 Å². The summed E-state index contributed by atoms with van der Waals surface area (Å²) in [4.78, 5) is 21.8. The summed E-state index contributed by atoms with van der Waals surface area (Å²) in [7, 11) is 0. The van der Waals surface area contributed by atoms with E-state index in [2.05, 4.69) is 86.6 Å². The first-order valence-corrected chi connectivity index (χ1v) is 16.7. The summed E-state index contributed by atoms with van der Waals surface area (Å²) in [5.41, 5.74) is 6.04. The predicted octanol–water partition coefficient (Wildman–Crippen LogP) is 11.2. The third-order valence-corrected chi connectivity index (χ3v) is 10.9. The van der Waals surface area contributed by atoms with E-state index in [-0.39, 0.29) is 47.9 Å². The van der Waals surface area contributed by atoms with Crippen LogP contribution in [0.25, 0.3) is 44.1 Å². The van der Waals surface area contributed by atoms with Crippen molar-refractivity contribution < 1.29 is 30.0 Å². The Morgan fingerprint density at radius 1 is 0.787 bits per heavy atom. The molecule has 1 heterocycles. The zero-order valence-electron chi connectivity index (χ0n) is 29.0. The molecule has 0 amide bonds. The maximum absolute atomic E-state index is 12.2. The van der Waals surface area contributed by atoms with E-state index >= 15 is 0 Å². The summed E-state index contributed by atoms with van der Waals surface area (Å²) in [6.07, 6.45) is 6.46. The van der Waals surface area contributed by atoms with Crippen molar-refractivity contribution in [2.45, 2.75) is 86.5 Å². The van der Waals surface area contributed by atoms with Gasteiger partial charge in [0.15, 0.2) is 5.78 Å². The molecule has 0 bridgehead atoms. The van der Waals surface area contributed by atoms with E-state index in [1.54, 1.807) is 6.33 Å². The molecule has 5 aromatic rings. The third-order valence-electron chi connectivity index (χ3n) is 10.9. The second kappa shape index (κ2) is 14.2. The van der Waals surface area contributed by atoms with Crippen molar-refractivity contribution in [3.05, 3.63) is 108 Å². The van der Waals surface area contributed by atoms with Gasteiger partial charge in [0, 0.05) is 48.0 Å². The maximum atomic E-state index is 12.2. The molecule has 1 radical (unpaired) electrons. The van der Waals surface area contributed by atoms with Gasteiger partial charge in [0.05, 0.1) is 5.69 Å². The molecule has 0 spiro atoms. The fourth-order valence-corrected chi connectivity index (χ4v) is 6.58. The number of benzene rings is 4. The van der Waals surface area contributed by atoms with E-state index in [1.807, 2.05) is 47.6 Å². The smallest absolute Gasteiger partial charge is 0.164 e. The third kappa shape index (κ3) is 6.45. The van der Waals surface area contributed by atoms with Gasteiger partial charge in [0.2, 0.25) is 0 Å². The van der Waals surface area contributed by atoms with Crippen molar-refractivity contribution in [3.63, 3.8) is 0 Å². The van der Waals surface area contributed by atoms with Crippen molar-refractivity contribution in [2.24, 2.45) is 10.8 Å². The zero-order valence-corrected chi connectivity index (χ0v) is 31.4. The first kappa shape index (κ1) is 36.2. The molecule has 1 N–H and O–H groups in total. The minimum atomic E-state index is -0.337. The predicted molar refractivity (Wildman–Crippen MR) is 192 cm³/mol. The van der Waals surface area contributed by atoms with Gasteiger partial charge in [-0.1, -0.05) is 121 Å². The number of carbonyl (C=O) groups excluding carboxylic acids is 1. The molecule has 1 aliphatic carbocycles. The second-order valence-electron chi connectivity index (χ2n) is 13.6. The van der Waals surface area contributed by atoms with Crippen LogP contribution in [0.3, 0.4) is 0 Å². The van der Waals surface area contributed by atoms with Crippen LogP contribution in [0, 0.1) is 16.9 Å². The van der Waals surface area contributed by atoms with Crippen molar-refractivity contribution in [1.82, 2.24) is 9.97 Å². The molecular formula is C42H47IrN2O2-. The number of nitrogens with zero attached hydrogens (tertiary/aromatic N) is 2. The number of allylic oxidation sites excluding steroid dienone is 2. The van der Waals surface area contributed by atoms with Crippen LogP contribution in [-0.4, -0.2) is 20.9 Å². The molecule has 0 saturated heterocycles. The van der Waals surface area contributed by atoms with Crippen LogP contribution in [0.15, 0.2) is 91.0 Å². The number of aliphatic hydroxyl groups excluding tert-OH is 1. The number of aromatic nitrogens is 2. The molecule has 47 heavy (non-hydrogen) atoms. The van der Waals surface area contributed by atoms with Gasteiger partial charge >= 0.3 is 0 Å². The molecule has 4 nitrogen and oxygen atoms in total. The number of carbonyl (C=O) groups is 1. The number of ketones is 1. The molecule has 247 valence electrons. The van der Waals surface area contributed by atoms with Gasteiger partial charge in [-0.2, -0.15) is 0 Å². The topological polar surface area (TPSA) is 63.1 Å². The summed E-state index contributed by atoms with van der Waals surface area (Å²) >= 11 is 0. The average Bonchev–Trinajstić information content (AvgIpc) is 3.34. The van der Waals surface area contributed by atoms with Crippen LogP contribution >= 0.6 is 0 Å². The van der Waals surface area contributed by atoms with Crippen LogP contribution in [0.2, 0.25) is 0 Å². The Morgan fingerprint density at radius 3 is 1.96 bits per heavy atom. The number of rotatable bonds is 8. The molecule has 6 rings (SSSR count). The monoisotopic (exact) mass is 804 g/mol. The number of hydrogen-bond donors (Lipinski definition) is 1. The standard InChI is InChI=1S/C27H19N2.C15H28O2.Ir/c1-27(2)22-15-14-18-9-4-6-12-20(18)23(22)26-24(27)25(28-16-29-26)21-13-7-10-17-8-3-5-11-19(17)21;1-7-14(5,8-2)12(16)11-13(17)15(6,9-3)10-4;/h3-12,14-16H,1-2H3;11,16H,7-10H2,1-6H3;/q-1;;/b;12-11-;. The Hall–Kier alpha value is -3.66. The molecule has 0 saturated carbocycles. The van der Waals surface area contributed by atoms with Gasteiger partial charge in [-0.15, -0.1) is 29.1 Å². The quantitative estimate of drug-likeness (QED) is 0.0964. The summed E-state index contributed by atoms with van der Waals surface area (Å²) < 4.78 is 0. The van der Waals surface area contributed by atoms with Crippen molar-refractivity contribution >= 4 is 27.3 Å². The summed E-state index contributed by atoms with van der Waals surface area (Å²) in [6, 6.07) is 29.1. The number of hydrogen-bond acceptors (Lipinski definition) is 4. The number of fused-ring (bicyclic) bond motifs is 6. The van der Waals surface area contributed by atoms with Gasteiger partial charge in [0.25, 0.3) is 0 Å². The Labute approximate surface area is 294 Å². The normalized spacial score (nSPS) is 13.7. The molecular weight excluding hydrogens is 757 g/mol. The summed E-state index contributed by atoms with van der Waals surface area (Å²) in [6.45, 7) is 16.6. The van der Waals surface area contributed by atoms with Gasteiger partial charge in [0.1, 0.15) is 12.1 Å². The van der Waals surface area contributed by atoms with Crippen LogP contribution in [-0.2, 0) is 30.3 Å². The molecule has 0 atom stereocenters. The zero-order chi connectivity index (χ0) is 33.3. The molecule has 4 aromatic carbocycles. The van der Waals surface area contributed by atoms with Crippen LogP contribution in [0.1, 0.15) is 92.2 Å². The molecule has 1 aromatic heterocycles. The van der Waals surface area contributed by atoms with Gasteiger partial charge in [-0.05, 0) is 53.3 Å². The molecule has 0 unspecified atom stereocenters. The molecule has 5 heteroatoms. The van der Waals surface area contributed by atoms with E-state index < -0.39 is 0 Å². The number of aliphatic hydroxyl groups is 1. The maximum Gasteiger partial charge on any atom is 0.164 e. The Balaban J connectivity index is 0.000000242. The van der Waals surface area contributed by atoms with E-state index in [4.69, 9.17) is 9.97 Å². The Kier molecular flexibility index (Phi) is 10.9. The average molecular weight is 804 g/mol. The minimum absolute atomic E-state index is 0. The van der Waals surface area contributed by atoms with Crippen molar-refractivity contribution in [1.29, 1.82) is 0 Å². The van der Waals surface area contributed by atoms with Crippen molar-refractivity contribution in [3.8, 4) is 22.5 Å². The van der Waals surface area contributed by atoms with E-state index in [1.165, 1.54) is 44.3 Å².